The highest BCUT2D eigenvalue weighted by molar-refractivity contribution is 7.99. The maximum absolute atomic E-state index is 12.3. The Morgan fingerprint density at radius 1 is 1.28 bits per heavy atom. The number of fused-ring (bicyclic) bond motifs is 1. The van der Waals surface area contributed by atoms with E-state index in [9.17, 15) is 9.59 Å². The van der Waals surface area contributed by atoms with Gasteiger partial charge in [-0.1, -0.05) is 17.7 Å². The first kappa shape index (κ1) is 21.4. The van der Waals surface area contributed by atoms with Gasteiger partial charge in [0, 0.05) is 4.88 Å². The number of nitrogens with zero attached hydrogens (tertiary/aromatic N) is 1. The topological polar surface area (TPSA) is 84.1 Å². The third kappa shape index (κ3) is 5.39. The van der Waals surface area contributed by atoms with Gasteiger partial charge in [-0.15, -0.1) is 23.1 Å². The van der Waals surface area contributed by atoms with Crippen LogP contribution in [-0.4, -0.2) is 34.3 Å². The number of rotatable bonds is 8. The number of amides is 1. The Hall–Kier alpha value is -2.32. The number of carbonyl (C=O) groups excluding carboxylic acids is 1. The first-order chi connectivity index (χ1) is 13.8. The zero-order chi connectivity index (χ0) is 21.0. The van der Waals surface area contributed by atoms with E-state index >= 15 is 0 Å². The quantitative estimate of drug-likeness (QED) is 0.531. The van der Waals surface area contributed by atoms with Gasteiger partial charge in [-0.05, 0) is 45.4 Å². The second-order valence-electron chi connectivity index (χ2n) is 6.88. The molecule has 1 aromatic carbocycles. The van der Waals surface area contributed by atoms with E-state index in [2.05, 4.69) is 15.3 Å². The molecule has 3 rings (SSSR count). The van der Waals surface area contributed by atoms with E-state index in [1.807, 2.05) is 52.0 Å². The van der Waals surface area contributed by atoms with Gasteiger partial charge in [0.15, 0.2) is 0 Å². The summed E-state index contributed by atoms with van der Waals surface area (Å²) in [5.74, 6) is 1.79. The highest BCUT2D eigenvalue weighted by Gasteiger charge is 2.16. The lowest BCUT2D eigenvalue weighted by Crippen LogP contribution is -2.34. The maximum Gasteiger partial charge on any atom is 0.259 e. The first-order valence-corrected chi connectivity index (χ1v) is 11.3. The maximum atomic E-state index is 12.3. The summed E-state index contributed by atoms with van der Waals surface area (Å²) in [6.07, 6.45) is 0. The van der Waals surface area contributed by atoms with E-state index in [-0.39, 0.29) is 16.7 Å². The van der Waals surface area contributed by atoms with Crippen molar-refractivity contribution in [3.63, 3.8) is 0 Å². The molecule has 1 unspecified atom stereocenters. The van der Waals surface area contributed by atoms with Gasteiger partial charge in [-0.3, -0.25) is 9.59 Å². The van der Waals surface area contributed by atoms with E-state index in [0.29, 0.717) is 30.1 Å². The SMILES string of the molecule is Cc1ccc(OCCNC(=O)C(C)SCc2nc3sc(C)c(C)c3c(=O)[nH]2)cc1. The number of ether oxygens (including phenoxy) is 1. The summed E-state index contributed by atoms with van der Waals surface area (Å²) in [7, 11) is 0. The fourth-order valence-corrected chi connectivity index (χ4v) is 4.60. The van der Waals surface area contributed by atoms with Gasteiger partial charge < -0.3 is 15.0 Å². The fourth-order valence-electron chi connectivity index (χ4n) is 2.77. The van der Waals surface area contributed by atoms with E-state index in [0.717, 1.165) is 21.0 Å². The van der Waals surface area contributed by atoms with Crippen LogP contribution >= 0.6 is 23.1 Å². The van der Waals surface area contributed by atoms with Crippen LogP contribution in [0.3, 0.4) is 0 Å². The molecule has 2 aromatic heterocycles. The van der Waals surface area contributed by atoms with Crippen molar-refractivity contribution in [3.05, 3.63) is 56.4 Å². The van der Waals surface area contributed by atoms with E-state index < -0.39 is 0 Å². The van der Waals surface area contributed by atoms with Crippen molar-refractivity contribution in [2.75, 3.05) is 13.2 Å². The first-order valence-electron chi connectivity index (χ1n) is 9.43. The summed E-state index contributed by atoms with van der Waals surface area (Å²) in [4.78, 5) is 33.9. The molecule has 0 spiro atoms. The Bertz CT molecular complexity index is 1060. The van der Waals surface area contributed by atoms with Crippen LogP contribution in [0.2, 0.25) is 0 Å². The number of aromatic amines is 1. The number of carbonyl (C=O) groups is 1. The Kier molecular flexibility index (Phi) is 6.97. The number of thioether (sulfide) groups is 1. The van der Waals surface area contributed by atoms with Crippen LogP contribution < -0.4 is 15.6 Å². The molecule has 1 amide bonds. The average molecular weight is 432 g/mol. The number of nitrogens with one attached hydrogen (secondary N) is 2. The zero-order valence-electron chi connectivity index (χ0n) is 17.0. The van der Waals surface area contributed by atoms with Gasteiger partial charge >= 0.3 is 0 Å². The van der Waals surface area contributed by atoms with Crippen molar-refractivity contribution < 1.29 is 9.53 Å². The van der Waals surface area contributed by atoms with Crippen molar-refractivity contribution >= 4 is 39.2 Å². The minimum Gasteiger partial charge on any atom is -0.492 e. The van der Waals surface area contributed by atoms with E-state index in [1.54, 1.807) is 0 Å². The average Bonchev–Trinajstić information content (AvgIpc) is 2.98. The standard InChI is InChI=1S/C21H25N3O3S2/c1-12-5-7-16(8-6-12)27-10-9-22-19(25)15(4)28-11-17-23-20(26)18-13(2)14(3)29-21(18)24-17/h5-8,15H,9-11H2,1-4H3,(H,22,25)(H,23,24,26). The molecule has 0 saturated carbocycles. The predicted octanol–water partition coefficient (Wildman–Crippen LogP) is 3.73. The molecule has 29 heavy (non-hydrogen) atoms. The van der Waals surface area contributed by atoms with Gasteiger partial charge in [0.2, 0.25) is 5.91 Å². The number of benzene rings is 1. The van der Waals surface area contributed by atoms with Crippen molar-refractivity contribution in [1.29, 1.82) is 0 Å². The van der Waals surface area contributed by atoms with Crippen molar-refractivity contribution in [2.45, 2.75) is 38.7 Å². The molecule has 0 aliphatic rings. The summed E-state index contributed by atoms with van der Waals surface area (Å²) in [6.45, 7) is 8.64. The summed E-state index contributed by atoms with van der Waals surface area (Å²) >= 11 is 2.97. The fraction of sp³-hybridized carbons (Fsp3) is 0.381. The van der Waals surface area contributed by atoms with Gasteiger partial charge in [0.1, 0.15) is 23.0 Å². The highest BCUT2D eigenvalue weighted by Crippen LogP contribution is 2.26. The minimum absolute atomic E-state index is 0.0613. The molecule has 0 bridgehead atoms. The molecule has 1 atom stereocenters. The lowest BCUT2D eigenvalue weighted by Gasteiger charge is -2.12. The van der Waals surface area contributed by atoms with Crippen molar-refractivity contribution in [1.82, 2.24) is 15.3 Å². The normalized spacial score (nSPS) is 12.1. The largest absolute Gasteiger partial charge is 0.492 e. The van der Waals surface area contributed by atoms with Gasteiger partial charge in [0.05, 0.1) is 22.9 Å². The molecule has 154 valence electrons. The molecule has 0 fully saturated rings. The smallest absolute Gasteiger partial charge is 0.259 e. The Balaban J connectivity index is 1.46. The highest BCUT2D eigenvalue weighted by atomic mass is 32.2. The monoisotopic (exact) mass is 431 g/mol. The molecule has 6 nitrogen and oxygen atoms in total. The zero-order valence-corrected chi connectivity index (χ0v) is 18.6. The number of H-pyrrole nitrogens is 1. The second-order valence-corrected chi connectivity index (χ2v) is 9.41. The third-order valence-corrected chi connectivity index (χ3v) is 6.87. The van der Waals surface area contributed by atoms with Crippen LogP contribution in [0, 0.1) is 20.8 Å². The molecule has 0 aliphatic heterocycles. The van der Waals surface area contributed by atoms with Crippen LogP contribution in [0.25, 0.3) is 10.2 Å². The number of aromatic nitrogens is 2. The summed E-state index contributed by atoms with van der Waals surface area (Å²) in [5, 5.41) is 3.28. The van der Waals surface area contributed by atoms with Gasteiger partial charge in [-0.25, -0.2) is 4.98 Å². The predicted molar refractivity (Wildman–Crippen MR) is 120 cm³/mol. The molecule has 8 heteroatoms. The molecular formula is C21H25N3O3S2. The summed E-state index contributed by atoms with van der Waals surface area (Å²) < 4.78 is 5.62. The number of hydrogen-bond donors (Lipinski definition) is 2. The van der Waals surface area contributed by atoms with Crippen LogP contribution in [0.1, 0.15) is 28.8 Å². The van der Waals surface area contributed by atoms with Crippen LogP contribution in [0.15, 0.2) is 29.1 Å². The molecule has 0 radical (unpaired) electrons. The molecule has 3 aromatic rings. The van der Waals surface area contributed by atoms with Gasteiger partial charge in [0.25, 0.3) is 5.56 Å². The second kappa shape index (κ2) is 9.45. The van der Waals surface area contributed by atoms with Gasteiger partial charge in [-0.2, -0.15) is 0 Å². The van der Waals surface area contributed by atoms with Crippen molar-refractivity contribution in [2.24, 2.45) is 0 Å². The summed E-state index contributed by atoms with van der Waals surface area (Å²) in [5.41, 5.74) is 2.05. The van der Waals surface area contributed by atoms with E-state index in [4.69, 9.17) is 4.74 Å². The molecule has 2 heterocycles. The Morgan fingerprint density at radius 2 is 2.00 bits per heavy atom. The molecule has 0 saturated heterocycles. The number of hydrogen-bond acceptors (Lipinski definition) is 6. The molecular weight excluding hydrogens is 406 g/mol. The lowest BCUT2D eigenvalue weighted by atomic mass is 10.2. The third-order valence-electron chi connectivity index (χ3n) is 4.62. The molecule has 0 aliphatic carbocycles. The van der Waals surface area contributed by atoms with Crippen LogP contribution in [-0.2, 0) is 10.5 Å². The molecule has 2 N–H and O–H groups in total. The lowest BCUT2D eigenvalue weighted by molar-refractivity contribution is -0.120. The number of aryl methyl sites for hydroxylation is 3. The summed E-state index contributed by atoms with van der Waals surface area (Å²) in [6, 6.07) is 7.80. The minimum atomic E-state index is -0.262. The Labute approximate surface area is 178 Å². The number of thiophene rings is 1. The van der Waals surface area contributed by atoms with Crippen LogP contribution in [0.5, 0.6) is 5.75 Å². The Morgan fingerprint density at radius 3 is 2.72 bits per heavy atom. The van der Waals surface area contributed by atoms with Crippen molar-refractivity contribution in [3.8, 4) is 5.75 Å². The van der Waals surface area contributed by atoms with E-state index in [1.165, 1.54) is 28.7 Å². The van der Waals surface area contributed by atoms with Crippen LogP contribution in [0.4, 0.5) is 0 Å².